The molecular formula is C22H18N2O2. The highest BCUT2D eigenvalue weighted by Gasteiger charge is 2.17. The molecular weight excluding hydrogens is 324 g/mol. The molecule has 4 nitrogen and oxygen atoms in total. The number of non-ortho nitro benzene ring substituents is 1. The zero-order valence-corrected chi connectivity index (χ0v) is 14.3. The molecule has 0 atom stereocenters. The van der Waals surface area contributed by atoms with Gasteiger partial charge in [-0.1, -0.05) is 36.4 Å². The molecule has 0 aliphatic heterocycles. The molecule has 2 aromatic carbocycles. The largest absolute Gasteiger partial charge is 0.269 e. The van der Waals surface area contributed by atoms with Gasteiger partial charge in [-0.3, -0.25) is 10.1 Å². The number of allylic oxidation sites excluding steroid dienone is 1. The summed E-state index contributed by atoms with van der Waals surface area (Å²) in [5, 5.41) is 10.8. The highest BCUT2D eigenvalue weighted by Crippen LogP contribution is 2.33. The van der Waals surface area contributed by atoms with Crippen LogP contribution in [0.2, 0.25) is 0 Å². The number of hydrogen-bond acceptors (Lipinski definition) is 3. The lowest BCUT2D eigenvalue weighted by Crippen LogP contribution is -2.05. The lowest BCUT2D eigenvalue weighted by Gasteiger charge is -2.19. The summed E-state index contributed by atoms with van der Waals surface area (Å²) in [6.07, 6.45) is 5.20. The van der Waals surface area contributed by atoms with Crippen LogP contribution in [0, 0.1) is 10.1 Å². The Morgan fingerprint density at radius 3 is 2.42 bits per heavy atom. The first-order valence-electron chi connectivity index (χ1n) is 8.71. The van der Waals surface area contributed by atoms with Gasteiger partial charge in [-0.05, 0) is 60.2 Å². The predicted octanol–water partition coefficient (Wildman–Crippen LogP) is 5.53. The molecule has 0 fully saturated rings. The van der Waals surface area contributed by atoms with Crippen molar-refractivity contribution in [3.63, 3.8) is 0 Å². The van der Waals surface area contributed by atoms with Crippen molar-refractivity contribution in [2.45, 2.75) is 19.3 Å². The van der Waals surface area contributed by atoms with E-state index < -0.39 is 0 Å². The van der Waals surface area contributed by atoms with E-state index in [0.717, 1.165) is 41.8 Å². The average molecular weight is 342 g/mol. The van der Waals surface area contributed by atoms with Gasteiger partial charge in [0.1, 0.15) is 0 Å². The summed E-state index contributed by atoms with van der Waals surface area (Å²) >= 11 is 0. The van der Waals surface area contributed by atoms with Crippen molar-refractivity contribution in [1.29, 1.82) is 0 Å². The van der Waals surface area contributed by atoms with Crippen LogP contribution >= 0.6 is 0 Å². The second kappa shape index (κ2) is 6.92. The van der Waals surface area contributed by atoms with Crippen molar-refractivity contribution >= 4 is 17.3 Å². The van der Waals surface area contributed by atoms with Crippen LogP contribution in [0.3, 0.4) is 0 Å². The third-order valence-electron chi connectivity index (χ3n) is 4.69. The van der Waals surface area contributed by atoms with Crippen molar-refractivity contribution in [3.8, 4) is 11.3 Å². The molecule has 0 bridgehead atoms. The molecule has 0 radical (unpaired) electrons. The average Bonchev–Trinajstić information content (AvgIpc) is 2.69. The van der Waals surface area contributed by atoms with Gasteiger partial charge in [0.2, 0.25) is 0 Å². The van der Waals surface area contributed by atoms with Crippen LogP contribution in [0.1, 0.15) is 29.7 Å². The Balaban J connectivity index is 1.73. The summed E-state index contributed by atoms with van der Waals surface area (Å²) in [7, 11) is 0. The smallest absolute Gasteiger partial charge is 0.258 e. The topological polar surface area (TPSA) is 56.0 Å². The fourth-order valence-corrected chi connectivity index (χ4v) is 3.36. The standard InChI is InChI=1S/C22H18N2O2/c25-24(26)20-12-9-16(10-13-20)15-19-8-4-7-18-11-14-21(23-22(18)19)17-5-2-1-3-6-17/h1-3,5-6,9-15H,4,7-8H2. The van der Waals surface area contributed by atoms with Gasteiger partial charge in [-0.2, -0.15) is 0 Å². The summed E-state index contributed by atoms with van der Waals surface area (Å²) in [6.45, 7) is 0. The Bertz CT molecular complexity index is 977. The summed E-state index contributed by atoms with van der Waals surface area (Å²) in [6, 6.07) is 21.1. The maximum absolute atomic E-state index is 10.8. The Labute approximate surface area is 152 Å². The lowest BCUT2D eigenvalue weighted by molar-refractivity contribution is -0.384. The van der Waals surface area contributed by atoms with Gasteiger partial charge in [-0.25, -0.2) is 4.98 Å². The van der Waals surface area contributed by atoms with E-state index in [4.69, 9.17) is 4.98 Å². The van der Waals surface area contributed by atoms with Crippen LogP contribution in [0.4, 0.5) is 5.69 Å². The monoisotopic (exact) mass is 342 g/mol. The van der Waals surface area contributed by atoms with Crippen molar-refractivity contribution in [2.75, 3.05) is 0 Å². The van der Waals surface area contributed by atoms with Gasteiger partial charge in [0, 0.05) is 17.7 Å². The molecule has 1 aliphatic rings. The second-order valence-electron chi connectivity index (χ2n) is 6.44. The molecule has 0 unspecified atom stereocenters. The Kier molecular flexibility index (Phi) is 4.32. The third kappa shape index (κ3) is 3.26. The van der Waals surface area contributed by atoms with E-state index in [1.165, 1.54) is 11.1 Å². The first-order valence-corrected chi connectivity index (χ1v) is 8.71. The van der Waals surface area contributed by atoms with E-state index in [-0.39, 0.29) is 10.6 Å². The molecule has 0 spiro atoms. The number of pyridine rings is 1. The molecule has 1 aliphatic carbocycles. The van der Waals surface area contributed by atoms with Crippen LogP contribution < -0.4 is 0 Å². The van der Waals surface area contributed by atoms with Crippen LogP contribution in [0.15, 0.2) is 66.7 Å². The van der Waals surface area contributed by atoms with Gasteiger partial charge in [0.15, 0.2) is 0 Å². The molecule has 4 heteroatoms. The molecule has 1 heterocycles. The van der Waals surface area contributed by atoms with Crippen LogP contribution in [-0.4, -0.2) is 9.91 Å². The first kappa shape index (κ1) is 16.2. The molecule has 0 saturated heterocycles. The van der Waals surface area contributed by atoms with E-state index >= 15 is 0 Å². The summed E-state index contributed by atoms with van der Waals surface area (Å²) in [5.74, 6) is 0. The molecule has 0 amide bonds. The molecule has 128 valence electrons. The Hall–Kier alpha value is -3.27. The minimum atomic E-state index is -0.374. The minimum absolute atomic E-state index is 0.112. The quantitative estimate of drug-likeness (QED) is 0.464. The molecule has 0 N–H and O–H groups in total. The lowest BCUT2D eigenvalue weighted by atomic mass is 9.89. The van der Waals surface area contributed by atoms with Crippen molar-refractivity contribution in [2.24, 2.45) is 0 Å². The first-order chi connectivity index (χ1) is 12.7. The number of rotatable bonds is 3. The number of benzene rings is 2. The SMILES string of the molecule is O=[N+]([O-])c1ccc(C=C2CCCc3ccc(-c4ccccc4)nc32)cc1. The second-order valence-corrected chi connectivity index (χ2v) is 6.44. The molecule has 4 rings (SSSR count). The molecule has 3 aromatic rings. The number of aryl methyl sites for hydroxylation is 1. The van der Waals surface area contributed by atoms with Gasteiger partial charge in [0.05, 0.1) is 16.3 Å². The van der Waals surface area contributed by atoms with Gasteiger partial charge in [0.25, 0.3) is 5.69 Å². The number of hydrogen-bond donors (Lipinski definition) is 0. The minimum Gasteiger partial charge on any atom is -0.258 e. The number of aromatic nitrogens is 1. The van der Waals surface area contributed by atoms with Crippen LogP contribution in [-0.2, 0) is 6.42 Å². The third-order valence-corrected chi connectivity index (χ3v) is 4.69. The normalized spacial score (nSPS) is 14.8. The highest BCUT2D eigenvalue weighted by molar-refractivity contribution is 5.83. The number of nitro benzene ring substituents is 1. The predicted molar refractivity (Wildman–Crippen MR) is 104 cm³/mol. The van der Waals surface area contributed by atoms with Crippen molar-refractivity contribution < 1.29 is 4.92 Å². The number of nitro groups is 1. The summed E-state index contributed by atoms with van der Waals surface area (Å²) in [4.78, 5) is 15.4. The van der Waals surface area contributed by atoms with Crippen LogP contribution in [0.5, 0.6) is 0 Å². The van der Waals surface area contributed by atoms with E-state index in [1.807, 2.05) is 18.2 Å². The fourth-order valence-electron chi connectivity index (χ4n) is 3.36. The zero-order valence-electron chi connectivity index (χ0n) is 14.3. The van der Waals surface area contributed by atoms with Gasteiger partial charge in [-0.15, -0.1) is 0 Å². The Morgan fingerprint density at radius 1 is 0.923 bits per heavy atom. The number of nitrogens with zero attached hydrogens (tertiary/aromatic N) is 2. The maximum atomic E-state index is 10.8. The van der Waals surface area contributed by atoms with Gasteiger partial charge < -0.3 is 0 Å². The van der Waals surface area contributed by atoms with E-state index in [2.05, 4.69) is 30.3 Å². The highest BCUT2D eigenvalue weighted by atomic mass is 16.6. The number of fused-ring (bicyclic) bond motifs is 1. The molecule has 26 heavy (non-hydrogen) atoms. The van der Waals surface area contributed by atoms with Crippen LogP contribution in [0.25, 0.3) is 22.9 Å². The maximum Gasteiger partial charge on any atom is 0.269 e. The summed E-state index contributed by atoms with van der Waals surface area (Å²) in [5.41, 5.74) is 6.67. The fraction of sp³-hybridized carbons (Fsp3) is 0.136. The Morgan fingerprint density at radius 2 is 1.69 bits per heavy atom. The summed E-state index contributed by atoms with van der Waals surface area (Å²) < 4.78 is 0. The van der Waals surface area contributed by atoms with Gasteiger partial charge >= 0.3 is 0 Å². The molecule has 1 aromatic heterocycles. The van der Waals surface area contributed by atoms with Crippen molar-refractivity contribution in [3.05, 3.63) is 93.7 Å². The molecule has 0 saturated carbocycles. The van der Waals surface area contributed by atoms with E-state index in [9.17, 15) is 10.1 Å². The van der Waals surface area contributed by atoms with E-state index in [1.54, 1.807) is 24.3 Å². The zero-order chi connectivity index (χ0) is 17.9. The van der Waals surface area contributed by atoms with Crippen molar-refractivity contribution in [1.82, 2.24) is 4.98 Å². The van der Waals surface area contributed by atoms with E-state index in [0.29, 0.717) is 0 Å².